The molecule has 3 nitrogen and oxygen atoms in total. The summed E-state index contributed by atoms with van der Waals surface area (Å²) in [5.41, 5.74) is 0. The molecule has 0 unspecified atom stereocenters. The molecule has 0 saturated carbocycles. The topological polar surface area (TPSA) is 29.0 Å². The molecule has 0 amide bonds. The smallest absolute Gasteiger partial charge is 0.187 e. The van der Waals surface area contributed by atoms with Gasteiger partial charge in [0.2, 0.25) is 0 Å². The molecule has 0 bridgehead atoms. The number of hydrogen-bond acceptors (Lipinski definition) is 4. The van der Waals surface area contributed by atoms with Crippen molar-refractivity contribution in [1.29, 1.82) is 0 Å². The Labute approximate surface area is 93.4 Å². The molecular formula is C9H14ClN3S. The van der Waals surface area contributed by atoms with Crippen molar-refractivity contribution in [3.8, 4) is 0 Å². The fourth-order valence-corrected chi connectivity index (χ4v) is 2.69. The molecule has 1 aliphatic rings. The van der Waals surface area contributed by atoms with E-state index in [2.05, 4.69) is 20.6 Å². The van der Waals surface area contributed by atoms with E-state index in [0.29, 0.717) is 5.15 Å². The van der Waals surface area contributed by atoms with Crippen LogP contribution in [-0.4, -0.2) is 21.8 Å². The Bertz CT molecular complexity index is 294. The summed E-state index contributed by atoms with van der Waals surface area (Å²) in [5, 5.41) is 0.560. The van der Waals surface area contributed by atoms with E-state index in [1.807, 2.05) is 0 Å². The first-order valence-electron chi connectivity index (χ1n) is 5.04. The van der Waals surface area contributed by atoms with Crippen LogP contribution in [0.5, 0.6) is 0 Å². The van der Waals surface area contributed by atoms with Crippen LogP contribution >= 0.6 is 23.3 Å². The van der Waals surface area contributed by atoms with E-state index in [0.717, 1.165) is 24.8 Å². The summed E-state index contributed by atoms with van der Waals surface area (Å²) in [5.74, 6) is 1.77. The number of hydrogen-bond donors (Lipinski definition) is 0. The number of nitrogens with zero attached hydrogens (tertiary/aromatic N) is 3. The third-order valence-corrected chi connectivity index (χ3v) is 3.80. The summed E-state index contributed by atoms with van der Waals surface area (Å²) in [7, 11) is 0. The summed E-state index contributed by atoms with van der Waals surface area (Å²) in [6.45, 7) is 4.41. The first kappa shape index (κ1) is 10.2. The molecule has 1 fully saturated rings. The van der Waals surface area contributed by atoms with Crippen LogP contribution in [0.4, 0.5) is 5.82 Å². The maximum Gasteiger partial charge on any atom is 0.187 e. The van der Waals surface area contributed by atoms with E-state index >= 15 is 0 Å². The highest BCUT2D eigenvalue weighted by Gasteiger charge is 2.21. The molecule has 1 saturated heterocycles. The van der Waals surface area contributed by atoms with Gasteiger partial charge < -0.3 is 4.90 Å². The number of halogens is 1. The second kappa shape index (κ2) is 4.45. The molecule has 1 aromatic rings. The SMILES string of the molecule is CCC1CCN(c2nsnc2Cl)CC1. The zero-order chi connectivity index (χ0) is 9.97. The number of piperidine rings is 1. The lowest BCUT2D eigenvalue weighted by atomic mass is 9.94. The Balaban J connectivity index is 1.99. The molecule has 0 radical (unpaired) electrons. The molecule has 14 heavy (non-hydrogen) atoms. The molecule has 1 aliphatic heterocycles. The van der Waals surface area contributed by atoms with Gasteiger partial charge in [-0.1, -0.05) is 24.9 Å². The Morgan fingerprint density at radius 1 is 1.43 bits per heavy atom. The Kier molecular flexibility index (Phi) is 3.23. The molecule has 0 N–H and O–H groups in total. The van der Waals surface area contributed by atoms with Gasteiger partial charge in [0.15, 0.2) is 11.0 Å². The summed E-state index contributed by atoms with van der Waals surface area (Å²) >= 11 is 7.13. The maximum atomic E-state index is 5.94. The highest BCUT2D eigenvalue weighted by molar-refractivity contribution is 6.99. The van der Waals surface area contributed by atoms with Crippen LogP contribution in [0, 0.1) is 5.92 Å². The monoisotopic (exact) mass is 231 g/mol. The minimum absolute atomic E-state index is 0.560. The van der Waals surface area contributed by atoms with Gasteiger partial charge in [-0.25, -0.2) is 0 Å². The van der Waals surface area contributed by atoms with Crippen molar-refractivity contribution in [2.75, 3.05) is 18.0 Å². The molecule has 5 heteroatoms. The van der Waals surface area contributed by atoms with Gasteiger partial charge in [0.05, 0.1) is 11.7 Å². The largest absolute Gasteiger partial charge is 0.353 e. The van der Waals surface area contributed by atoms with Gasteiger partial charge in [-0.15, -0.1) is 0 Å². The third-order valence-electron chi connectivity index (χ3n) is 2.92. The molecule has 2 rings (SSSR count). The van der Waals surface area contributed by atoms with Crippen LogP contribution in [0.3, 0.4) is 0 Å². The van der Waals surface area contributed by atoms with Gasteiger partial charge in [0.25, 0.3) is 0 Å². The van der Waals surface area contributed by atoms with Crippen molar-refractivity contribution in [1.82, 2.24) is 8.75 Å². The highest BCUT2D eigenvalue weighted by atomic mass is 35.5. The number of rotatable bonds is 2. The van der Waals surface area contributed by atoms with Crippen molar-refractivity contribution in [3.63, 3.8) is 0 Å². The first-order chi connectivity index (χ1) is 6.81. The predicted octanol–water partition coefficient (Wildman–Crippen LogP) is 2.82. The zero-order valence-corrected chi connectivity index (χ0v) is 9.81. The summed E-state index contributed by atoms with van der Waals surface area (Å²) < 4.78 is 8.20. The second-order valence-electron chi connectivity index (χ2n) is 3.72. The lowest BCUT2D eigenvalue weighted by molar-refractivity contribution is 0.394. The minimum atomic E-state index is 0.560. The van der Waals surface area contributed by atoms with Crippen molar-refractivity contribution in [3.05, 3.63) is 5.15 Å². The molecule has 0 aliphatic carbocycles. The molecule has 2 heterocycles. The summed E-state index contributed by atoms with van der Waals surface area (Å²) in [6, 6.07) is 0. The average Bonchev–Trinajstić information content (AvgIpc) is 2.65. The van der Waals surface area contributed by atoms with Gasteiger partial charge in [0, 0.05) is 13.1 Å². The molecule has 0 spiro atoms. The molecule has 78 valence electrons. The Morgan fingerprint density at radius 3 is 2.64 bits per heavy atom. The second-order valence-corrected chi connectivity index (χ2v) is 4.60. The lowest BCUT2D eigenvalue weighted by Crippen LogP contribution is -2.33. The van der Waals surface area contributed by atoms with Crippen LogP contribution in [-0.2, 0) is 0 Å². The Hall–Kier alpha value is -0.350. The van der Waals surface area contributed by atoms with Gasteiger partial charge in [0.1, 0.15) is 0 Å². The molecule has 0 aromatic carbocycles. The van der Waals surface area contributed by atoms with Gasteiger partial charge >= 0.3 is 0 Å². The van der Waals surface area contributed by atoms with E-state index in [9.17, 15) is 0 Å². The fraction of sp³-hybridized carbons (Fsp3) is 0.778. The van der Waals surface area contributed by atoms with Crippen LogP contribution in [0.1, 0.15) is 26.2 Å². The van der Waals surface area contributed by atoms with E-state index < -0.39 is 0 Å². The fourth-order valence-electron chi connectivity index (χ4n) is 1.91. The predicted molar refractivity (Wildman–Crippen MR) is 60.1 cm³/mol. The van der Waals surface area contributed by atoms with E-state index in [-0.39, 0.29) is 0 Å². The van der Waals surface area contributed by atoms with Crippen LogP contribution < -0.4 is 4.90 Å². The highest BCUT2D eigenvalue weighted by Crippen LogP contribution is 2.28. The van der Waals surface area contributed by atoms with Gasteiger partial charge in [-0.05, 0) is 18.8 Å². The van der Waals surface area contributed by atoms with Crippen LogP contribution in [0.2, 0.25) is 5.15 Å². The van der Waals surface area contributed by atoms with Crippen molar-refractivity contribution in [2.24, 2.45) is 5.92 Å². The molecule has 0 atom stereocenters. The first-order valence-corrected chi connectivity index (χ1v) is 6.15. The number of anilines is 1. The summed E-state index contributed by atoms with van der Waals surface area (Å²) in [6.07, 6.45) is 3.80. The standard InChI is InChI=1S/C9H14ClN3S/c1-2-7-3-5-13(6-4-7)9-8(10)11-14-12-9/h7H,2-6H2,1H3. The third kappa shape index (κ3) is 2.01. The average molecular weight is 232 g/mol. The van der Waals surface area contributed by atoms with E-state index in [4.69, 9.17) is 11.6 Å². The Morgan fingerprint density at radius 2 is 2.14 bits per heavy atom. The lowest BCUT2D eigenvalue weighted by Gasteiger charge is -2.31. The van der Waals surface area contributed by atoms with Crippen molar-refractivity contribution >= 4 is 29.1 Å². The number of aromatic nitrogens is 2. The zero-order valence-electron chi connectivity index (χ0n) is 8.24. The normalized spacial score (nSPS) is 18.9. The minimum Gasteiger partial charge on any atom is -0.353 e. The van der Waals surface area contributed by atoms with E-state index in [1.54, 1.807) is 0 Å². The van der Waals surface area contributed by atoms with Crippen molar-refractivity contribution < 1.29 is 0 Å². The molecule has 1 aromatic heterocycles. The quantitative estimate of drug-likeness (QED) is 0.784. The van der Waals surface area contributed by atoms with Crippen LogP contribution in [0.15, 0.2) is 0 Å². The maximum absolute atomic E-state index is 5.94. The summed E-state index contributed by atoms with van der Waals surface area (Å²) in [4.78, 5) is 2.25. The van der Waals surface area contributed by atoms with E-state index in [1.165, 1.54) is 31.0 Å². The van der Waals surface area contributed by atoms with Gasteiger partial charge in [-0.2, -0.15) is 8.75 Å². The van der Waals surface area contributed by atoms with Gasteiger partial charge in [-0.3, -0.25) is 0 Å². The van der Waals surface area contributed by atoms with Crippen LogP contribution in [0.25, 0.3) is 0 Å². The molecular weight excluding hydrogens is 218 g/mol. The van der Waals surface area contributed by atoms with Crippen molar-refractivity contribution in [2.45, 2.75) is 26.2 Å².